The van der Waals surface area contributed by atoms with Crippen LogP contribution in [0.1, 0.15) is 30.1 Å². The third kappa shape index (κ3) is 2.06. The molecule has 0 bridgehead atoms. The zero-order valence-electron chi connectivity index (χ0n) is 12.3. The van der Waals surface area contributed by atoms with Gasteiger partial charge in [0.25, 0.3) is 0 Å². The molecule has 1 aliphatic carbocycles. The van der Waals surface area contributed by atoms with Crippen molar-refractivity contribution in [2.24, 2.45) is 5.73 Å². The summed E-state index contributed by atoms with van der Waals surface area (Å²) in [5.41, 5.74) is 11.1. The van der Waals surface area contributed by atoms with Crippen molar-refractivity contribution in [2.45, 2.75) is 25.3 Å². The van der Waals surface area contributed by atoms with Crippen LogP contribution in [0.15, 0.2) is 53.3 Å². The lowest BCUT2D eigenvalue weighted by Crippen LogP contribution is -2.27. The Bertz CT molecular complexity index is 896. The molecule has 1 aromatic heterocycles. The molecule has 3 aromatic rings. The predicted molar refractivity (Wildman–Crippen MR) is 89.9 cm³/mol. The second-order valence-corrected chi connectivity index (χ2v) is 5.97. The summed E-state index contributed by atoms with van der Waals surface area (Å²) in [5, 5.41) is 0.734. The van der Waals surface area contributed by atoms with E-state index in [0.717, 1.165) is 52.5 Å². The van der Waals surface area contributed by atoms with Gasteiger partial charge in [0.05, 0.1) is 0 Å². The number of nitrogens with one attached hydrogen (secondary N) is 1. The molecule has 0 saturated heterocycles. The second-order valence-electron chi connectivity index (χ2n) is 5.97. The number of hydrogen-bond acceptors (Lipinski definition) is 2. The maximum absolute atomic E-state index is 12.9. The van der Waals surface area contributed by atoms with Crippen molar-refractivity contribution in [3.05, 3.63) is 70.0 Å². The third-order valence-corrected chi connectivity index (χ3v) is 4.54. The molecule has 0 saturated carbocycles. The third-order valence-electron chi connectivity index (χ3n) is 4.54. The van der Waals surface area contributed by atoms with Gasteiger partial charge in [-0.1, -0.05) is 36.4 Å². The fourth-order valence-electron chi connectivity index (χ4n) is 3.40. The first kappa shape index (κ1) is 13.3. The first-order chi connectivity index (χ1) is 10.7. The van der Waals surface area contributed by atoms with Crippen molar-refractivity contribution in [1.29, 1.82) is 0 Å². The number of aromatic amines is 1. The fraction of sp³-hybridized carbons (Fsp3) is 0.211. The molecule has 0 aliphatic heterocycles. The monoisotopic (exact) mass is 290 g/mol. The highest BCUT2D eigenvalue weighted by Crippen LogP contribution is 2.28. The average Bonchev–Trinajstić information content (AvgIpc) is 2.55. The van der Waals surface area contributed by atoms with Gasteiger partial charge in [-0.05, 0) is 42.5 Å². The summed E-state index contributed by atoms with van der Waals surface area (Å²) in [6.45, 7) is 0. The first-order valence-corrected chi connectivity index (χ1v) is 7.74. The van der Waals surface area contributed by atoms with Crippen LogP contribution in [0.5, 0.6) is 0 Å². The summed E-state index contributed by atoms with van der Waals surface area (Å²) >= 11 is 0. The van der Waals surface area contributed by atoms with E-state index in [2.05, 4.69) is 23.2 Å². The number of pyridine rings is 1. The van der Waals surface area contributed by atoms with Gasteiger partial charge in [0, 0.05) is 28.2 Å². The van der Waals surface area contributed by atoms with Gasteiger partial charge in [0.15, 0.2) is 5.43 Å². The minimum atomic E-state index is -0.141. The van der Waals surface area contributed by atoms with E-state index < -0.39 is 0 Å². The molecule has 22 heavy (non-hydrogen) atoms. The highest BCUT2D eigenvalue weighted by atomic mass is 16.1. The lowest BCUT2D eigenvalue weighted by molar-refractivity contribution is 0.559. The van der Waals surface area contributed by atoms with E-state index in [-0.39, 0.29) is 11.5 Å². The zero-order chi connectivity index (χ0) is 15.1. The van der Waals surface area contributed by atoms with E-state index in [1.165, 1.54) is 0 Å². The molecule has 2 aromatic carbocycles. The van der Waals surface area contributed by atoms with E-state index >= 15 is 0 Å². The summed E-state index contributed by atoms with van der Waals surface area (Å²) in [7, 11) is 0. The van der Waals surface area contributed by atoms with Crippen LogP contribution in [-0.2, 0) is 6.42 Å². The molecule has 0 amide bonds. The smallest absolute Gasteiger partial charge is 0.194 e. The minimum Gasteiger partial charge on any atom is -0.358 e. The Kier molecular flexibility index (Phi) is 3.09. The van der Waals surface area contributed by atoms with Gasteiger partial charge in [-0.25, -0.2) is 0 Å². The van der Waals surface area contributed by atoms with E-state index in [4.69, 9.17) is 5.73 Å². The van der Waals surface area contributed by atoms with E-state index in [0.29, 0.717) is 0 Å². The molecule has 0 spiro atoms. The van der Waals surface area contributed by atoms with Crippen molar-refractivity contribution >= 4 is 10.9 Å². The number of fused-ring (bicyclic) bond motifs is 2. The SMILES string of the molecule is NC1CCCc2[nH]c3ccc(-c4ccccc4)cc3c(=O)c21. The Hall–Kier alpha value is -2.39. The summed E-state index contributed by atoms with van der Waals surface area (Å²) < 4.78 is 0. The summed E-state index contributed by atoms with van der Waals surface area (Å²) in [6, 6.07) is 16.0. The second kappa shape index (κ2) is 5.11. The molecule has 3 heteroatoms. The van der Waals surface area contributed by atoms with E-state index in [1.807, 2.05) is 30.3 Å². The van der Waals surface area contributed by atoms with Crippen LogP contribution < -0.4 is 11.2 Å². The Balaban J connectivity index is 1.97. The molecule has 1 aliphatic rings. The van der Waals surface area contributed by atoms with Crippen LogP contribution in [0.25, 0.3) is 22.0 Å². The molecule has 3 nitrogen and oxygen atoms in total. The van der Waals surface area contributed by atoms with Crippen molar-refractivity contribution in [3.8, 4) is 11.1 Å². The van der Waals surface area contributed by atoms with Gasteiger partial charge >= 0.3 is 0 Å². The minimum absolute atomic E-state index is 0.0914. The van der Waals surface area contributed by atoms with Crippen LogP contribution in [0.4, 0.5) is 0 Å². The standard InChI is InChI=1S/C19H18N2O/c20-15-7-4-8-17-18(15)19(22)14-11-13(9-10-16(14)21-17)12-5-2-1-3-6-12/h1-3,5-6,9-11,15H,4,7-8,20H2,(H,21,22). The Morgan fingerprint density at radius 1 is 1.05 bits per heavy atom. The maximum atomic E-state index is 12.9. The molecule has 1 heterocycles. The summed E-state index contributed by atoms with van der Waals surface area (Å²) in [5.74, 6) is 0. The number of hydrogen-bond donors (Lipinski definition) is 2. The predicted octanol–water partition coefficient (Wildman–Crippen LogP) is 3.53. The Morgan fingerprint density at radius 3 is 2.68 bits per heavy atom. The van der Waals surface area contributed by atoms with Gasteiger partial charge in [-0.15, -0.1) is 0 Å². The maximum Gasteiger partial charge on any atom is 0.194 e. The quantitative estimate of drug-likeness (QED) is 0.720. The lowest BCUT2D eigenvalue weighted by atomic mass is 9.90. The van der Waals surface area contributed by atoms with Gasteiger partial charge in [-0.2, -0.15) is 0 Å². The highest BCUT2D eigenvalue weighted by Gasteiger charge is 2.22. The lowest BCUT2D eigenvalue weighted by Gasteiger charge is -2.22. The first-order valence-electron chi connectivity index (χ1n) is 7.74. The zero-order valence-corrected chi connectivity index (χ0v) is 12.3. The molecular formula is C19H18N2O. The van der Waals surface area contributed by atoms with Gasteiger partial charge in [-0.3, -0.25) is 4.79 Å². The van der Waals surface area contributed by atoms with Gasteiger partial charge in [0.1, 0.15) is 0 Å². The fourth-order valence-corrected chi connectivity index (χ4v) is 3.40. The van der Waals surface area contributed by atoms with Crippen molar-refractivity contribution in [1.82, 2.24) is 4.98 Å². The van der Waals surface area contributed by atoms with Crippen LogP contribution >= 0.6 is 0 Å². The number of aryl methyl sites for hydroxylation is 1. The summed E-state index contributed by atoms with van der Waals surface area (Å²) in [6.07, 6.45) is 2.84. The molecule has 0 fully saturated rings. The number of benzene rings is 2. The van der Waals surface area contributed by atoms with Gasteiger partial charge < -0.3 is 10.7 Å². The normalized spacial score (nSPS) is 17.4. The average molecular weight is 290 g/mol. The van der Waals surface area contributed by atoms with Gasteiger partial charge in [0.2, 0.25) is 0 Å². The van der Waals surface area contributed by atoms with Crippen LogP contribution in [-0.4, -0.2) is 4.98 Å². The highest BCUT2D eigenvalue weighted by molar-refractivity contribution is 5.85. The van der Waals surface area contributed by atoms with Crippen LogP contribution in [0.2, 0.25) is 0 Å². The van der Waals surface area contributed by atoms with Crippen LogP contribution in [0.3, 0.4) is 0 Å². The van der Waals surface area contributed by atoms with E-state index in [9.17, 15) is 4.79 Å². The summed E-state index contributed by atoms with van der Waals surface area (Å²) in [4.78, 5) is 16.3. The Morgan fingerprint density at radius 2 is 1.86 bits per heavy atom. The molecule has 110 valence electrons. The largest absolute Gasteiger partial charge is 0.358 e. The number of rotatable bonds is 1. The molecule has 1 atom stereocenters. The van der Waals surface area contributed by atoms with Crippen molar-refractivity contribution < 1.29 is 0 Å². The topological polar surface area (TPSA) is 58.9 Å². The molecule has 3 N–H and O–H groups in total. The van der Waals surface area contributed by atoms with Crippen molar-refractivity contribution in [2.75, 3.05) is 0 Å². The number of nitrogens with two attached hydrogens (primary N) is 1. The molecule has 4 rings (SSSR count). The Labute approximate surface area is 128 Å². The molecule has 0 radical (unpaired) electrons. The molecule has 1 unspecified atom stereocenters. The van der Waals surface area contributed by atoms with Crippen molar-refractivity contribution in [3.63, 3.8) is 0 Å². The van der Waals surface area contributed by atoms with Crippen LogP contribution in [0, 0.1) is 0 Å². The molecular weight excluding hydrogens is 272 g/mol. The number of aromatic nitrogens is 1. The van der Waals surface area contributed by atoms with E-state index in [1.54, 1.807) is 0 Å². The number of H-pyrrole nitrogens is 1.